The van der Waals surface area contributed by atoms with Crippen molar-refractivity contribution in [2.75, 3.05) is 33.4 Å². The topological polar surface area (TPSA) is 105 Å². The Morgan fingerprint density at radius 3 is 2.36 bits per heavy atom. The maximum absolute atomic E-state index is 12.9. The van der Waals surface area contributed by atoms with Gasteiger partial charge in [-0.2, -0.15) is 0 Å². The predicted molar refractivity (Wildman–Crippen MR) is 146 cm³/mol. The van der Waals surface area contributed by atoms with E-state index in [2.05, 4.69) is 5.32 Å². The molecule has 2 saturated heterocycles. The van der Waals surface area contributed by atoms with Crippen LogP contribution in [0, 0.1) is 17.8 Å². The Morgan fingerprint density at radius 2 is 1.72 bits per heavy atom. The summed E-state index contributed by atoms with van der Waals surface area (Å²) in [5.41, 5.74) is 0.583. The summed E-state index contributed by atoms with van der Waals surface area (Å²) in [6.07, 6.45) is 10.7. The van der Waals surface area contributed by atoms with Crippen LogP contribution in [0.2, 0.25) is 0 Å². The molecule has 0 atom stereocenters. The predicted octanol–water partition coefficient (Wildman–Crippen LogP) is 3.82. The van der Waals surface area contributed by atoms with Crippen LogP contribution in [0.15, 0.2) is 23.1 Å². The van der Waals surface area contributed by atoms with Gasteiger partial charge in [0.05, 0.1) is 12.0 Å². The Bertz CT molecular complexity index is 1190. The van der Waals surface area contributed by atoms with E-state index >= 15 is 0 Å². The molecule has 1 N–H and O–H groups in total. The fourth-order valence-electron chi connectivity index (χ4n) is 7.62. The largest absolute Gasteiger partial charge is 0.493 e. The Kier molecular flexibility index (Phi) is 7.07. The van der Waals surface area contributed by atoms with E-state index in [1.807, 2.05) is 0 Å². The molecular weight excluding hydrogens is 518 g/mol. The number of hydrogen-bond acceptors (Lipinski definition) is 7. The van der Waals surface area contributed by atoms with Gasteiger partial charge in [-0.1, -0.05) is 6.07 Å². The van der Waals surface area contributed by atoms with Crippen LogP contribution in [0.3, 0.4) is 0 Å². The molecule has 1 aromatic rings. The third-order valence-electron chi connectivity index (χ3n) is 8.91. The van der Waals surface area contributed by atoms with Crippen LogP contribution in [0.25, 0.3) is 6.08 Å². The number of ether oxygens (including phenoxy) is 2. The van der Waals surface area contributed by atoms with Crippen molar-refractivity contribution in [3.05, 3.63) is 28.7 Å². The molecule has 1 aromatic carbocycles. The lowest BCUT2D eigenvalue weighted by Crippen LogP contribution is -2.60. The second-order valence-electron chi connectivity index (χ2n) is 11.8. The molecule has 4 amide bonds. The van der Waals surface area contributed by atoms with Gasteiger partial charge in [-0.05, 0) is 105 Å². The number of nitrogens with one attached hydrogen (secondary N) is 1. The minimum Gasteiger partial charge on any atom is -0.493 e. The molecule has 2 aliphatic heterocycles. The molecule has 2 heterocycles. The lowest BCUT2D eigenvalue weighted by molar-refractivity contribution is -0.135. The smallest absolute Gasteiger partial charge is 0.294 e. The number of methoxy groups -OCH3 is 1. The Balaban J connectivity index is 1.07. The van der Waals surface area contributed by atoms with Crippen molar-refractivity contribution in [3.8, 4) is 11.5 Å². The van der Waals surface area contributed by atoms with Gasteiger partial charge in [0.15, 0.2) is 18.1 Å². The van der Waals surface area contributed by atoms with Crippen molar-refractivity contribution in [3.63, 3.8) is 0 Å². The summed E-state index contributed by atoms with van der Waals surface area (Å²) in [5.74, 6) is 2.31. The van der Waals surface area contributed by atoms with Crippen LogP contribution in [0.5, 0.6) is 11.5 Å². The minimum absolute atomic E-state index is 0.0643. The number of benzene rings is 1. The normalized spacial score (nSPS) is 30.4. The fourth-order valence-corrected chi connectivity index (χ4v) is 8.46. The van der Waals surface area contributed by atoms with Crippen molar-refractivity contribution in [1.82, 2.24) is 15.1 Å². The van der Waals surface area contributed by atoms with Gasteiger partial charge in [0.1, 0.15) is 6.54 Å². The summed E-state index contributed by atoms with van der Waals surface area (Å²) in [5, 5.41) is 2.87. The second kappa shape index (κ2) is 10.5. The van der Waals surface area contributed by atoms with Crippen LogP contribution in [-0.4, -0.2) is 71.7 Å². The molecule has 4 saturated carbocycles. The average molecular weight is 554 g/mol. The highest BCUT2D eigenvalue weighted by Gasteiger charge is 2.51. The summed E-state index contributed by atoms with van der Waals surface area (Å²) in [6, 6.07) is 5.15. The summed E-state index contributed by atoms with van der Waals surface area (Å²) in [7, 11) is 1.51. The van der Waals surface area contributed by atoms with E-state index in [1.54, 1.807) is 29.2 Å². The van der Waals surface area contributed by atoms with Gasteiger partial charge < -0.3 is 19.7 Å². The highest BCUT2D eigenvalue weighted by molar-refractivity contribution is 8.18. The minimum atomic E-state index is -0.474. The highest BCUT2D eigenvalue weighted by atomic mass is 32.2. The number of hydrogen-bond donors (Lipinski definition) is 1. The molecule has 0 unspecified atom stereocenters. The Labute approximate surface area is 232 Å². The number of nitrogens with zero attached hydrogens (tertiary/aromatic N) is 2. The average Bonchev–Trinajstić information content (AvgIpc) is 3.52. The molecule has 9 nitrogen and oxygen atoms in total. The van der Waals surface area contributed by atoms with E-state index in [0.29, 0.717) is 30.2 Å². The monoisotopic (exact) mass is 553 g/mol. The van der Waals surface area contributed by atoms with Crippen molar-refractivity contribution in [1.29, 1.82) is 0 Å². The quantitative estimate of drug-likeness (QED) is 0.488. The second-order valence-corrected chi connectivity index (χ2v) is 12.8. The number of thioether (sulfide) groups is 1. The number of rotatable bonds is 8. The van der Waals surface area contributed by atoms with E-state index in [-0.39, 0.29) is 35.4 Å². The molecule has 0 radical (unpaired) electrons. The molecule has 0 aromatic heterocycles. The van der Waals surface area contributed by atoms with Crippen LogP contribution >= 0.6 is 11.8 Å². The zero-order valence-corrected chi connectivity index (χ0v) is 23.1. The van der Waals surface area contributed by atoms with E-state index in [0.717, 1.165) is 66.5 Å². The molecule has 6 fully saturated rings. The first-order chi connectivity index (χ1) is 18.8. The zero-order chi connectivity index (χ0) is 27.1. The van der Waals surface area contributed by atoms with E-state index in [1.165, 1.54) is 26.4 Å². The summed E-state index contributed by atoms with van der Waals surface area (Å²) in [6.45, 7) is 1.01. The molecular formula is C29H35N3O6S. The summed E-state index contributed by atoms with van der Waals surface area (Å²) >= 11 is 0.822. The molecule has 6 aliphatic rings. The third-order valence-corrected chi connectivity index (χ3v) is 9.82. The Morgan fingerprint density at radius 1 is 1.05 bits per heavy atom. The molecule has 10 heteroatoms. The molecule has 4 aliphatic carbocycles. The Hall–Kier alpha value is -3.01. The van der Waals surface area contributed by atoms with Crippen LogP contribution in [0.4, 0.5) is 4.79 Å². The summed E-state index contributed by atoms with van der Waals surface area (Å²) in [4.78, 5) is 53.6. The number of imide groups is 1. The van der Waals surface area contributed by atoms with E-state index < -0.39 is 11.1 Å². The lowest BCUT2D eigenvalue weighted by atomic mass is 9.53. The van der Waals surface area contributed by atoms with Gasteiger partial charge in [-0.3, -0.25) is 24.1 Å². The van der Waals surface area contributed by atoms with Gasteiger partial charge in [0.2, 0.25) is 5.91 Å². The van der Waals surface area contributed by atoms with E-state index in [4.69, 9.17) is 9.47 Å². The number of carbonyl (C=O) groups is 4. The number of amides is 4. The van der Waals surface area contributed by atoms with Crippen molar-refractivity contribution >= 4 is 40.8 Å². The van der Waals surface area contributed by atoms with Crippen LogP contribution < -0.4 is 14.8 Å². The molecule has 0 spiro atoms. The van der Waals surface area contributed by atoms with Gasteiger partial charge in [-0.25, -0.2) is 0 Å². The van der Waals surface area contributed by atoms with Crippen molar-refractivity contribution in [2.45, 2.75) is 56.9 Å². The molecule has 208 valence electrons. The van der Waals surface area contributed by atoms with Gasteiger partial charge in [0.25, 0.3) is 17.1 Å². The molecule has 7 rings (SSSR count). The lowest BCUT2D eigenvalue weighted by Gasteiger charge is -2.56. The van der Waals surface area contributed by atoms with Gasteiger partial charge >= 0.3 is 0 Å². The highest BCUT2D eigenvalue weighted by Crippen LogP contribution is 2.55. The molecule has 39 heavy (non-hydrogen) atoms. The molecule has 4 bridgehead atoms. The third kappa shape index (κ3) is 5.40. The zero-order valence-electron chi connectivity index (χ0n) is 22.3. The standard InChI is InChI=1S/C29H35N3O6S/c1-37-23-11-18(12-24-27(35)32(28(36)39-24)16-26(34)31-6-2-3-7-31)4-5-22(23)38-17-25(33)30-29-13-19-8-20(14-29)10-21(9-19)15-29/h4-5,11-12,19-21H,2-3,6-10,13-17H2,1H3,(H,30,33)/b24-12-. The first-order valence-corrected chi connectivity index (χ1v) is 14.8. The number of carbonyl (C=O) groups excluding carboxylic acids is 4. The van der Waals surface area contributed by atoms with Crippen molar-refractivity contribution < 1.29 is 28.7 Å². The van der Waals surface area contributed by atoms with Crippen LogP contribution in [-0.2, 0) is 14.4 Å². The van der Waals surface area contributed by atoms with Crippen LogP contribution in [0.1, 0.15) is 56.9 Å². The maximum atomic E-state index is 12.9. The van der Waals surface area contributed by atoms with E-state index in [9.17, 15) is 19.2 Å². The SMILES string of the molecule is COc1cc(/C=C2\SC(=O)N(CC(=O)N3CCCC3)C2=O)ccc1OCC(=O)NC12CC3CC(CC(C3)C1)C2. The first-order valence-electron chi connectivity index (χ1n) is 14.0. The fraction of sp³-hybridized carbons (Fsp3) is 0.586. The summed E-state index contributed by atoms with van der Waals surface area (Å²) < 4.78 is 11.3. The van der Waals surface area contributed by atoms with Gasteiger partial charge in [-0.15, -0.1) is 0 Å². The maximum Gasteiger partial charge on any atom is 0.294 e. The van der Waals surface area contributed by atoms with Crippen molar-refractivity contribution in [2.24, 2.45) is 17.8 Å². The number of likely N-dealkylation sites (tertiary alicyclic amines) is 1. The first kappa shape index (κ1) is 26.2. The van der Waals surface area contributed by atoms with Gasteiger partial charge in [0, 0.05) is 18.6 Å².